The molecule has 0 aromatic heterocycles. The number of amides is 2. The summed E-state index contributed by atoms with van der Waals surface area (Å²) < 4.78 is 30.6. The molecule has 1 aliphatic rings. The average Bonchev–Trinajstić information content (AvgIpc) is 3.11. The Kier molecular flexibility index (Phi) is 7.49. The first-order chi connectivity index (χ1) is 16.5. The van der Waals surface area contributed by atoms with Crippen LogP contribution < -0.4 is 14.2 Å². The number of ether oxygens (including phenoxy) is 3. The van der Waals surface area contributed by atoms with Crippen molar-refractivity contribution in [1.82, 2.24) is 4.90 Å². The third kappa shape index (κ3) is 5.58. The van der Waals surface area contributed by atoms with Crippen LogP contribution in [0.1, 0.15) is 11.1 Å². The topological polar surface area (TPSA) is 65.1 Å². The molecule has 0 unspecified atom stereocenters. The molecule has 3 aromatic carbocycles. The highest BCUT2D eigenvalue weighted by Crippen LogP contribution is 2.34. The van der Waals surface area contributed by atoms with Gasteiger partial charge in [0, 0.05) is 5.56 Å². The molecule has 1 aliphatic heterocycles. The second kappa shape index (κ2) is 10.9. The smallest absolute Gasteiger partial charge is 0.293 e. The van der Waals surface area contributed by atoms with Crippen molar-refractivity contribution < 1.29 is 28.2 Å². The van der Waals surface area contributed by atoms with Crippen LogP contribution in [0.5, 0.6) is 17.2 Å². The molecule has 0 radical (unpaired) electrons. The summed E-state index contributed by atoms with van der Waals surface area (Å²) in [6.45, 7) is 0.368. The van der Waals surface area contributed by atoms with Crippen molar-refractivity contribution in [2.24, 2.45) is 0 Å². The normalized spacial score (nSPS) is 14.5. The Labute approximate surface area is 200 Å². The maximum absolute atomic E-state index is 13.9. The SMILES string of the molecule is COc1ccc(/C=C2\SC(=O)N(CCOc3ccccc3)C2=O)cc1OCc1ccccc1F. The van der Waals surface area contributed by atoms with E-state index in [1.807, 2.05) is 30.3 Å². The summed E-state index contributed by atoms with van der Waals surface area (Å²) >= 11 is 0.872. The highest BCUT2D eigenvalue weighted by Gasteiger charge is 2.34. The molecule has 0 saturated carbocycles. The number of halogens is 1. The van der Waals surface area contributed by atoms with Gasteiger partial charge in [-0.2, -0.15) is 0 Å². The Bertz CT molecular complexity index is 1210. The van der Waals surface area contributed by atoms with Gasteiger partial charge in [-0.3, -0.25) is 14.5 Å². The average molecular weight is 480 g/mol. The lowest BCUT2D eigenvalue weighted by Crippen LogP contribution is -2.32. The van der Waals surface area contributed by atoms with Gasteiger partial charge in [-0.1, -0.05) is 42.5 Å². The van der Waals surface area contributed by atoms with Crippen LogP contribution >= 0.6 is 11.8 Å². The Morgan fingerprint density at radius 3 is 2.47 bits per heavy atom. The molecule has 8 heteroatoms. The third-order valence-electron chi connectivity index (χ3n) is 5.03. The van der Waals surface area contributed by atoms with Gasteiger partial charge in [0.2, 0.25) is 0 Å². The number of carbonyl (C=O) groups is 2. The van der Waals surface area contributed by atoms with E-state index in [0.717, 1.165) is 11.8 Å². The molecule has 0 spiro atoms. The Morgan fingerprint density at radius 1 is 0.941 bits per heavy atom. The minimum Gasteiger partial charge on any atom is -0.493 e. The Hall–Kier alpha value is -3.78. The van der Waals surface area contributed by atoms with Crippen LogP contribution in [0.3, 0.4) is 0 Å². The first kappa shape index (κ1) is 23.4. The molecule has 4 rings (SSSR count). The summed E-state index contributed by atoms with van der Waals surface area (Å²) in [4.78, 5) is 26.6. The van der Waals surface area contributed by atoms with Gasteiger partial charge in [-0.25, -0.2) is 4.39 Å². The monoisotopic (exact) mass is 479 g/mol. The number of para-hydroxylation sites is 1. The number of hydrogen-bond donors (Lipinski definition) is 0. The van der Waals surface area contributed by atoms with Gasteiger partial charge in [-0.05, 0) is 53.7 Å². The zero-order valence-corrected chi connectivity index (χ0v) is 19.2. The fourth-order valence-corrected chi connectivity index (χ4v) is 4.15. The van der Waals surface area contributed by atoms with E-state index in [-0.39, 0.29) is 36.7 Å². The summed E-state index contributed by atoms with van der Waals surface area (Å²) in [5, 5.41) is -0.350. The quantitative estimate of drug-likeness (QED) is 0.376. The van der Waals surface area contributed by atoms with Gasteiger partial charge in [0.25, 0.3) is 11.1 Å². The Morgan fingerprint density at radius 2 is 1.71 bits per heavy atom. The van der Waals surface area contributed by atoms with Crippen molar-refractivity contribution >= 4 is 29.0 Å². The summed E-state index contributed by atoms with van der Waals surface area (Å²) in [6.07, 6.45) is 1.62. The predicted molar refractivity (Wildman–Crippen MR) is 128 cm³/mol. The van der Waals surface area contributed by atoms with E-state index in [4.69, 9.17) is 14.2 Å². The molecular weight excluding hydrogens is 457 g/mol. The van der Waals surface area contributed by atoms with E-state index in [1.165, 1.54) is 18.1 Å². The molecule has 3 aromatic rings. The van der Waals surface area contributed by atoms with Gasteiger partial charge in [0.15, 0.2) is 11.5 Å². The first-order valence-corrected chi connectivity index (χ1v) is 11.3. The summed E-state index contributed by atoms with van der Waals surface area (Å²) in [7, 11) is 1.51. The third-order valence-corrected chi connectivity index (χ3v) is 5.93. The number of hydrogen-bond acceptors (Lipinski definition) is 6. The van der Waals surface area contributed by atoms with Crippen molar-refractivity contribution in [1.29, 1.82) is 0 Å². The molecule has 1 saturated heterocycles. The number of nitrogens with zero attached hydrogens (tertiary/aromatic N) is 1. The summed E-state index contributed by atoms with van der Waals surface area (Å²) in [5.74, 6) is 0.805. The maximum Gasteiger partial charge on any atom is 0.293 e. The van der Waals surface area contributed by atoms with Crippen LogP contribution in [0.4, 0.5) is 9.18 Å². The van der Waals surface area contributed by atoms with Crippen molar-refractivity contribution in [2.75, 3.05) is 20.3 Å². The first-order valence-electron chi connectivity index (χ1n) is 10.5. The van der Waals surface area contributed by atoms with Crippen molar-refractivity contribution in [3.05, 3.63) is 94.6 Å². The van der Waals surface area contributed by atoms with Crippen molar-refractivity contribution in [3.63, 3.8) is 0 Å². The van der Waals surface area contributed by atoms with Crippen LogP contribution in [0.25, 0.3) is 6.08 Å². The molecule has 6 nitrogen and oxygen atoms in total. The molecule has 1 fully saturated rings. The molecule has 2 amide bonds. The fraction of sp³-hybridized carbons (Fsp3) is 0.154. The summed E-state index contributed by atoms with van der Waals surface area (Å²) in [6, 6.07) is 20.7. The number of methoxy groups -OCH3 is 1. The van der Waals surface area contributed by atoms with Crippen molar-refractivity contribution in [3.8, 4) is 17.2 Å². The van der Waals surface area contributed by atoms with Crippen LogP contribution in [-0.2, 0) is 11.4 Å². The lowest BCUT2D eigenvalue weighted by molar-refractivity contribution is -0.123. The van der Waals surface area contributed by atoms with Gasteiger partial charge in [-0.15, -0.1) is 0 Å². The molecule has 1 heterocycles. The molecule has 0 atom stereocenters. The van der Waals surface area contributed by atoms with Crippen LogP contribution in [0.15, 0.2) is 77.7 Å². The van der Waals surface area contributed by atoms with Gasteiger partial charge in [0.1, 0.15) is 24.8 Å². The number of thioether (sulfide) groups is 1. The van der Waals surface area contributed by atoms with E-state index >= 15 is 0 Å². The van der Waals surface area contributed by atoms with E-state index in [1.54, 1.807) is 42.5 Å². The highest BCUT2D eigenvalue weighted by molar-refractivity contribution is 8.18. The van der Waals surface area contributed by atoms with Gasteiger partial charge in [0.05, 0.1) is 18.6 Å². The molecule has 34 heavy (non-hydrogen) atoms. The largest absolute Gasteiger partial charge is 0.493 e. The number of carbonyl (C=O) groups excluding carboxylic acids is 2. The molecule has 0 N–H and O–H groups in total. The zero-order chi connectivity index (χ0) is 23.9. The standard InChI is InChI=1S/C26H22FNO5S/c1-31-22-12-11-18(15-23(22)33-17-19-7-5-6-10-21(19)27)16-24-25(29)28(26(30)34-24)13-14-32-20-8-3-2-4-9-20/h2-12,15-16H,13-14,17H2,1H3/b24-16-. The Balaban J connectivity index is 1.44. The maximum atomic E-state index is 13.9. The highest BCUT2D eigenvalue weighted by atomic mass is 32.2. The number of imide groups is 1. The van der Waals surface area contributed by atoms with Crippen LogP contribution in [0, 0.1) is 5.82 Å². The zero-order valence-electron chi connectivity index (χ0n) is 18.4. The van der Waals surface area contributed by atoms with E-state index in [0.29, 0.717) is 33.3 Å². The fourth-order valence-electron chi connectivity index (χ4n) is 3.28. The molecule has 0 aliphatic carbocycles. The minimum atomic E-state index is -0.378. The number of rotatable bonds is 9. The van der Waals surface area contributed by atoms with Crippen LogP contribution in [-0.4, -0.2) is 36.3 Å². The lowest BCUT2D eigenvalue weighted by Gasteiger charge is -2.13. The lowest BCUT2D eigenvalue weighted by atomic mass is 10.1. The van der Waals surface area contributed by atoms with E-state index in [9.17, 15) is 14.0 Å². The summed E-state index contributed by atoms with van der Waals surface area (Å²) in [5.41, 5.74) is 1.06. The molecule has 0 bridgehead atoms. The minimum absolute atomic E-state index is 0.0183. The second-order valence-corrected chi connectivity index (χ2v) is 8.28. The molecular formula is C26H22FNO5S. The van der Waals surface area contributed by atoms with Crippen LogP contribution in [0.2, 0.25) is 0 Å². The van der Waals surface area contributed by atoms with Crippen molar-refractivity contribution in [2.45, 2.75) is 6.61 Å². The van der Waals surface area contributed by atoms with E-state index in [2.05, 4.69) is 0 Å². The second-order valence-electron chi connectivity index (χ2n) is 7.29. The van der Waals surface area contributed by atoms with Gasteiger partial charge < -0.3 is 14.2 Å². The molecule has 174 valence electrons. The number of benzene rings is 3. The predicted octanol–water partition coefficient (Wildman–Crippen LogP) is 5.53. The van der Waals surface area contributed by atoms with E-state index < -0.39 is 0 Å². The van der Waals surface area contributed by atoms with Gasteiger partial charge >= 0.3 is 0 Å².